The fraction of sp³-hybridized carbons (Fsp3) is 0.0800. The van der Waals surface area contributed by atoms with Crippen LogP contribution in [-0.2, 0) is 4.79 Å². The molecule has 0 bridgehead atoms. The number of hydrogen-bond donors (Lipinski definition) is 1. The lowest BCUT2D eigenvalue weighted by molar-refractivity contribution is -0.122. The molecule has 4 nitrogen and oxygen atoms in total. The minimum absolute atomic E-state index is 0.214. The van der Waals surface area contributed by atoms with E-state index in [4.69, 9.17) is 9.15 Å². The van der Waals surface area contributed by atoms with E-state index in [1.54, 1.807) is 6.92 Å². The Labute approximate surface area is 167 Å². The Balaban J connectivity index is 1.37. The quantitative estimate of drug-likeness (QED) is 0.406. The van der Waals surface area contributed by atoms with Crippen molar-refractivity contribution in [2.75, 3.05) is 5.32 Å². The summed E-state index contributed by atoms with van der Waals surface area (Å²) >= 11 is 0. The third-order valence-corrected chi connectivity index (χ3v) is 5.07. The van der Waals surface area contributed by atoms with Gasteiger partial charge in [0.1, 0.15) is 16.9 Å². The predicted octanol–water partition coefficient (Wildman–Crippen LogP) is 6.15. The van der Waals surface area contributed by atoms with Crippen LogP contribution in [0.3, 0.4) is 0 Å². The first-order valence-corrected chi connectivity index (χ1v) is 9.55. The Morgan fingerprint density at radius 3 is 2.45 bits per heavy atom. The summed E-state index contributed by atoms with van der Waals surface area (Å²) in [6.07, 6.45) is -0.646. The van der Waals surface area contributed by atoms with Crippen molar-refractivity contribution in [1.82, 2.24) is 0 Å². The molecule has 0 spiro atoms. The summed E-state index contributed by atoms with van der Waals surface area (Å²) in [4.78, 5) is 12.7. The molecule has 1 aromatic heterocycles. The van der Waals surface area contributed by atoms with Crippen molar-refractivity contribution in [3.63, 3.8) is 0 Å². The molecule has 4 heteroatoms. The molecule has 0 aliphatic rings. The number of carbonyl (C=O) groups is 1. The zero-order valence-electron chi connectivity index (χ0n) is 15.9. The van der Waals surface area contributed by atoms with Crippen LogP contribution in [0.2, 0.25) is 0 Å². The van der Waals surface area contributed by atoms with Crippen LogP contribution in [0.1, 0.15) is 6.92 Å². The molecule has 5 rings (SSSR count). The van der Waals surface area contributed by atoms with Crippen LogP contribution in [0.5, 0.6) is 5.75 Å². The standard InChI is InChI=1S/C25H19NO3/c1-16(28-22-12-6-8-17-7-2-3-9-19(17)22)25(27)26-18-13-14-21-20-10-4-5-11-23(20)29-24(21)15-18/h2-16H,1H3,(H,26,27)/t16-/m1/s1. The van der Waals surface area contributed by atoms with Crippen LogP contribution < -0.4 is 10.1 Å². The SMILES string of the molecule is C[C@@H](Oc1cccc2ccccc12)C(=O)Nc1ccc2c(c1)oc1ccccc12. The number of fused-ring (bicyclic) bond motifs is 4. The summed E-state index contributed by atoms with van der Waals surface area (Å²) in [5.74, 6) is 0.479. The highest BCUT2D eigenvalue weighted by Gasteiger charge is 2.17. The summed E-state index contributed by atoms with van der Waals surface area (Å²) in [6.45, 7) is 1.75. The second-order valence-electron chi connectivity index (χ2n) is 7.04. The Morgan fingerprint density at radius 2 is 1.55 bits per heavy atom. The first kappa shape index (κ1) is 17.3. The number of ether oxygens (including phenoxy) is 1. The zero-order chi connectivity index (χ0) is 19.8. The topological polar surface area (TPSA) is 51.5 Å². The maximum Gasteiger partial charge on any atom is 0.265 e. The second kappa shape index (κ2) is 6.99. The average Bonchev–Trinajstić information content (AvgIpc) is 3.11. The van der Waals surface area contributed by atoms with Gasteiger partial charge >= 0.3 is 0 Å². The van der Waals surface area contributed by atoms with Crippen LogP contribution in [0.15, 0.2) is 89.3 Å². The van der Waals surface area contributed by atoms with E-state index in [2.05, 4.69) is 5.32 Å². The van der Waals surface area contributed by atoms with E-state index in [1.807, 2.05) is 84.9 Å². The minimum atomic E-state index is -0.646. The molecule has 5 aromatic rings. The molecule has 1 atom stereocenters. The number of hydrogen-bond acceptors (Lipinski definition) is 3. The maximum atomic E-state index is 12.7. The van der Waals surface area contributed by atoms with Crippen molar-refractivity contribution in [1.29, 1.82) is 0 Å². The minimum Gasteiger partial charge on any atom is -0.480 e. The van der Waals surface area contributed by atoms with Crippen molar-refractivity contribution in [2.24, 2.45) is 0 Å². The number of furan rings is 1. The smallest absolute Gasteiger partial charge is 0.265 e. The third-order valence-electron chi connectivity index (χ3n) is 5.07. The Kier molecular flexibility index (Phi) is 4.17. The second-order valence-corrected chi connectivity index (χ2v) is 7.04. The molecule has 0 saturated heterocycles. The normalized spacial score (nSPS) is 12.3. The lowest BCUT2D eigenvalue weighted by Crippen LogP contribution is -2.30. The molecule has 1 amide bonds. The van der Waals surface area contributed by atoms with Gasteiger partial charge in [-0.2, -0.15) is 0 Å². The summed E-state index contributed by atoms with van der Waals surface area (Å²) < 4.78 is 11.9. The van der Waals surface area contributed by atoms with E-state index < -0.39 is 6.10 Å². The molecule has 1 heterocycles. The van der Waals surface area contributed by atoms with Crippen LogP contribution in [0.4, 0.5) is 5.69 Å². The molecular weight excluding hydrogens is 362 g/mol. The van der Waals surface area contributed by atoms with Gasteiger partial charge in [0, 0.05) is 27.9 Å². The van der Waals surface area contributed by atoms with Gasteiger partial charge in [0.25, 0.3) is 5.91 Å². The van der Waals surface area contributed by atoms with Crippen molar-refractivity contribution in [3.8, 4) is 5.75 Å². The average molecular weight is 381 g/mol. The van der Waals surface area contributed by atoms with Gasteiger partial charge in [-0.05, 0) is 36.6 Å². The molecule has 4 aromatic carbocycles. The molecule has 0 aliphatic carbocycles. The van der Waals surface area contributed by atoms with Gasteiger partial charge in [-0.1, -0.05) is 54.6 Å². The molecule has 0 saturated carbocycles. The number of anilines is 1. The van der Waals surface area contributed by atoms with Gasteiger partial charge in [0.15, 0.2) is 6.10 Å². The van der Waals surface area contributed by atoms with E-state index in [9.17, 15) is 4.79 Å². The highest BCUT2D eigenvalue weighted by atomic mass is 16.5. The van der Waals surface area contributed by atoms with Gasteiger partial charge in [0.05, 0.1) is 0 Å². The fourth-order valence-electron chi connectivity index (χ4n) is 3.59. The first-order valence-electron chi connectivity index (χ1n) is 9.55. The lowest BCUT2D eigenvalue weighted by atomic mass is 10.1. The number of nitrogens with one attached hydrogen (secondary N) is 1. The van der Waals surface area contributed by atoms with Gasteiger partial charge in [0.2, 0.25) is 0 Å². The number of para-hydroxylation sites is 1. The monoisotopic (exact) mass is 381 g/mol. The maximum absolute atomic E-state index is 12.7. The van der Waals surface area contributed by atoms with E-state index >= 15 is 0 Å². The van der Waals surface area contributed by atoms with Gasteiger partial charge in [-0.25, -0.2) is 0 Å². The highest BCUT2D eigenvalue weighted by Crippen LogP contribution is 2.30. The fourth-order valence-corrected chi connectivity index (χ4v) is 3.59. The lowest BCUT2D eigenvalue weighted by Gasteiger charge is -2.16. The summed E-state index contributed by atoms with van der Waals surface area (Å²) in [5.41, 5.74) is 2.25. The number of benzene rings is 4. The third kappa shape index (κ3) is 3.19. The van der Waals surface area contributed by atoms with Crippen LogP contribution in [0, 0.1) is 0 Å². The molecule has 0 radical (unpaired) electrons. The summed E-state index contributed by atoms with van der Waals surface area (Å²) in [6, 6.07) is 27.4. The van der Waals surface area contributed by atoms with Crippen LogP contribution in [0.25, 0.3) is 32.7 Å². The molecular formula is C25H19NO3. The van der Waals surface area contributed by atoms with Crippen LogP contribution in [-0.4, -0.2) is 12.0 Å². The molecule has 142 valence electrons. The summed E-state index contributed by atoms with van der Waals surface area (Å²) in [5, 5.41) is 7.07. The van der Waals surface area contributed by atoms with Crippen molar-refractivity contribution in [2.45, 2.75) is 13.0 Å². The van der Waals surface area contributed by atoms with E-state index in [1.165, 1.54) is 0 Å². The predicted molar refractivity (Wildman–Crippen MR) is 116 cm³/mol. The first-order chi connectivity index (χ1) is 14.2. The Morgan fingerprint density at radius 1 is 0.828 bits per heavy atom. The van der Waals surface area contributed by atoms with Crippen molar-refractivity contribution in [3.05, 3.63) is 84.9 Å². The van der Waals surface area contributed by atoms with Gasteiger partial charge < -0.3 is 14.5 Å². The molecule has 1 N–H and O–H groups in total. The van der Waals surface area contributed by atoms with E-state index in [-0.39, 0.29) is 5.91 Å². The number of carbonyl (C=O) groups excluding carboxylic acids is 1. The molecule has 0 unspecified atom stereocenters. The van der Waals surface area contributed by atoms with Crippen molar-refractivity contribution >= 4 is 44.3 Å². The number of rotatable bonds is 4. The highest BCUT2D eigenvalue weighted by molar-refractivity contribution is 6.06. The Bertz CT molecular complexity index is 1350. The number of amides is 1. The van der Waals surface area contributed by atoms with E-state index in [0.717, 1.165) is 32.7 Å². The molecule has 0 fully saturated rings. The molecule has 0 aliphatic heterocycles. The zero-order valence-corrected chi connectivity index (χ0v) is 15.9. The Hall–Kier alpha value is -3.79. The van der Waals surface area contributed by atoms with Crippen LogP contribution >= 0.6 is 0 Å². The summed E-state index contributed by atoms with van der Waals surface area (Å²) in [7, 11) is 0. The van der Waals surface area contributed by atoms with Gasteiger partial charge in [-0.15, -0.1) is 0 Å². The molecule has 29 heavy (non-hydrogen) atoms. The largest absolute Gasteiger partial charge is 0.480 e. The van der Waals surface area contributed by atoms with E-state index in [0.29, 0.717) is 11.4 Å². The van der Waals surface area contributed by atoms with Gasteiger partial charge in [-0.3, -0.25) is 4.79 Å². The van der Waals surface area contributed by atoms with Crippen molar-refractivity contribution < 1.29 is 13.9 Å².